The SMILES string of the molecule is Cc1ccc(C)c(CN2C(=O)[C@@](O)(CC(=O)c3cccs3)c3ccccc32)c1. The van der Waals surface area contributed by atoms with E-state index in [1.165, 1.54) is 11.3 Å². The molecule has 0 saturated carbocycles. The van der Waals surface area contributed by atoms with E-state index in [1.807, 2.05) is 43.5 Å². The van der Waals surface area contributed by atoms with Crippen LogP contribution in [0.3, 0.4) is 0 Å². The highest BCUT2D eigenvalue weighted by Crippen LogP contribution is 2.43. The van der Waals surface area contributed by atoms with E-state index in [-0.39, 0.29) is 12.2 Å². The van der Waals surface area contributed by atoms with Crippen LogP contribution in [0, 0.1) is 13.8 Å². The zero-order valence-corrected chi connectivity index (χ0v) is 16.6. The minimum absolute atomic E-state index is 0.228. The summed E-state index contributed by atoms with van der Waals surface area (Å²) in [5, 5.41) is 13.2. The topological polar surface area (TPSA) is 57.6 Å². The molecule has 1 aliphatic rings. The van der Waals surface area contributed by atoms with Crippen LogP contribution >= 0.6 is 11.3 Å². The highest BCUT2D eigenvalue weighted by molar-refractivity contribution is 7.12. The number of hydrogen-bond donors (Lipinski definition) is 1. The quantitative estimate of drug-likeness (QED) is 0.657. The number of amides is 1. The molecule has 1 atom stereocenters. The smallest absolute Gasteiger partial charge is 0.264 e. The molecule has 0 fully saturated rings. The van der Waals surface area contributed by atoms with E-state index in [2.05, 4.69) is 6.07 Å². The Morgan fingerprint density at radius 2 is 1.89 bits per heavy atom. The second-order valence-corrected chi connectivity index (χ2v) is 8.22. The maximum atomic E-state index is 13.3. The van der Waals surface area contributed by atoms with Crippen molar-refractivity contribution in [2.45, 2.75) is 32.4 Å². The van der Waals surface area contributed by atoms with Crippen LogP contribution in [0.4, 0.5) is 5.69 Å². The fraction of sp³-hybridized carbons (Fsp3) is 0.217. The lowest BCUT2D eigenvalue weighted by atomic mass is 9.89. The summed E-state index contributed by atoms with van der Waals surface area (Å²) in [4.78, 5) is 28.1. The summed E-state index contributed by atoms with van der Waals surface area (Å²) in [5.74, 6) is -0.672. The number of carbonyl (C=O) groups excluding carboxylic acids is 2. The molecule has 5 heteroatoms. The minimum Gasteiger partial charge on any atom is -0.375 e. The van der Waals surface area contributed by atoms with Crippen molar-refractivity contribution in [1.29, 1.82) is 0 Å². The van der Waals surface area contributed by atoms with Gasteiger partial charge in [0, 0.05) is 5.56 Å². The number of benzene rings is 2. The number of aryl methyl sites for hydroxylation is 2. The molecule has 0 saturated heterocycles. The Kier molecular flexibility index (Phi) is 4.65. The van der Waals surface area contributed by atoms with E-state index < -0.39 is 11.5 Å². The lowest BCUT2D eigenvalue weighted by molar-refractivity contribution is -0.136. The number of para-hydroxylation sites is 1. The van der Waals surface area contributed by atoms with Gasteiger partial charge in [0.15, 0.2) is 11.4 Å². The first-order valence-electron chi connectivity index (χ1n) is 9.17. The number of rotatable bonds is 5. The van der Waals surface area contributed by atoms with Gasteiger partial charge in [0.05, 0.1) is 23.5 Å². The molecule has 0 aliphatic carbocycles. The van der Waals surface area contributed by atoms with Gasteiger partial charge in [-0.25, -0.2) is 0 Å². The van der Waals surface area contributed by atoms with Gasteiger partial charge in [0.1, 0.15) is 0 Å². The number of ketones is 1. The van der Waals surface area contributed by atoms with Crippen LogP contribution in [0.5, 0.6) is 0 Å². The molecule has 1 amide bonds. The molecular weight excluding hydrogens is 370 g/mol. The van der Waals surface area contributed by atoms with E-state index in [0.29, 0.717) is 22.7 Å². The molecule has 4 nitrogen and oxygen atoms in total. The number of fused-ring (bicyclic) bond motifs is 1. The number of carbonyl (C=O) groups is 2. The third-order valence-corrected chi connectivity index (χ3v) is 6.20. The van der Waals surface area contributed by atoms with E-state index in [9.17, 15) is 14.7 Å². The molecule has 0 unspecified atom stereocenters. The van der Waals surface area contributed by atoms with Crippen LogP contribution in [0.1, 0.15) is 38.3 Å². The molecule has 1 N–H and O–H groups in total. The number of thiophene rings is 1. The molecule has 142 valence electrons. The van der Waals surface area contributed by atoms with Gasteiger partial charge in [-0.15, -0.1) is 11.3 Å². The standard InChI is InChI=1S/C23H21NO3S/c1-15-9-10-16(2)17(12-15)14-24-19-7-4-3-6-18(19)23(27,22(24)26)13-20(25)21-8-5-11-28-21/h3-12,27H,13-14H2,1-2H3/t23-/m1/s1. The fourth-order valence-electron chi connectivity index (χ4n) is 3.73. The summed E-state index contributed by atoms with van der Waals surface area (Å²) in [7, 11) is 0. The third kappa shape index (κ3) is 3.07. The van der Waals surface area contributed by atoms with Crippen LogP contribution in [-0.4, -0.2) is 16.8 Å². The largest absolute Gasteiger partial charge is 0.375 e. The summed E-state index contributed by atoms with van der Waals surface area (Å²) in [5.41, 5.74) is 2.54. The first-order chi connectivity index (χ1) is 13.4. The van der Waals surface area contributed by atoms with Gasteiger partial charge < -0.3 is 10.0 Å². The molecule has 3 aromatic rings. The second kappa shape index (κ2) is 7.00. The molecule has 0 radical (unpaired) electrons. The van der Waals surface area contributed by atoms with E-state index in [0.717, 1.165) is 16.7 Å². The van der Waals surface area contributed by atoms with E-state index in [1.54, 1.807) is 29.2 Å². The number of hydrogen-bond acceptors (Lipinski definition) is 4. The molecule has 0 spiro atoms. The molecular formula is C23H21NO3S. The van der Waals surface area contributed by atoms with Crippen molar-refractivity contribution in [2.24, 2.45) is 0 Å². The van der Waals surface area contributed by atoms with Crippen molar-refractivity contribution in [3.8, 4) is 0 Å². The van der Waals surface area contributed by atoms with Crippen LogP contribution in [0.15, 0.2) is 60.0 Å². The molecule has 1 aromatic heterocycles. The summed E-state index contributed by atoms with van der Waals surface area (Å²) in [6.45, 7) is 4.38. The first-order valence-corrected chi connectivity index (χ1v) is 10.0. The Balaban J connectivity index is 1.71. The van der Waals surface area contributed by atoms with Gasteiger partial charge in [-0.05, 0) is 42.5 Å². The lowest BCUT2D eigenvalue weighted by Gasteiger charge is -2.23. The van der Waals surface area contributed by atoms with Crippen molar-refractivity contribution in [2.75, 3.05) is 4.90 Å². The Morgan fingerprint density at radius 3 is 2.64 bits per heavy atom. The average molecular weight is 391 g/mol. The van der Waals surface area contributed by atoms with Gasteiger partial charge >= 0.3 is 0 Å². The Labute approximate surface area is 168 Å². The maximum Gasteiger partial charge on any atom is 0.264 e. The summed E-state index contributed by atoms with van der Waals surface area (Å²) < 4.78 is 0. The van der Waals surface area contributed by atoms with Crippen LogP contribution in [0.2, 0.25) is 0 Å². The second-order valence-electron chi connectivity index (χ2n) is 7.28. The highest BCUT2D eigenvalue weighted by Gasteiger charge is 2.50. The number of anilines is 1. The fourth-order valence-corrected chi connectivity index (χ4v) is 4.40. The zero-order valence-electron chi connectivity index (χ0n) is 15.8. The van der Waals surface area contributed by atoms with Gasteiger partial charge in [0.2, 0.25) is 0 Å². The number of Topliss-reactive ketones (excluding diaryl/α,β-unsaturated/α-hetero) is 1. The Bertz CT molecular complexity index is 1060. The average Bonchev–Trinajstić information content (AvgIpc) is 3.28. The molecule has 4 rings (SSSR count). The van der Waals surface area contributed by atoms with Gasteiger partial charge in [0.25, 0.3) is 5.91 Å². The normalized spacial score (nSPS) is 18.4. The molecule has 28 heavy (non-hydrogen) atoms. The van der Waals surface area contributed by atoms with Crippen molar-refractivity contribution in [3.05, 3.63) is 87.1 Å². The predicted molar refractivity (Wildman–Crippen MR) is 111 cm³/mol. The molecule has 1 aliphatic heterocycles. The van der Waals surface area contributed by atoms with Crippen molar-refractivity contribution in [3.63, 3.8) is 0 Å². The maximum absolute atomic E-state index is 13.3. The van der Waals surface area contributed by atoms with Gasteiger partial charge in [-0.1, -0.05) is 48.0 Å². The zero-order chi connectivity index (χ0) is 19.9. The number of aliphatic hydroxyl groups is 1. The first kappa shape index (κ1) is 18.6. The van der Waals surface area contributed by atoms with Crippen LogP contribution < -0.4 is 4.90 Å². The molecule has 2 aromatic carbocycles. The monoisotopic (exact) mass is 391 g/mol. The van der Waals surface area contributed by atoms with E-state index >= 15 is 0 Å². The summed E-state index contributed by atoms with van der Waals surface area (Å²) in [6, 6.07) is 16.8. The predicted octanol–water partition coefficient (Wildman–Crippen LogP) is 4.37. The Morgan fingerprint density at radius 1 is 1.11 bits per heavy atom. The number of nitrogens with zero attached hydrogens (tertiary/aromatic N) is 1. The molecule has 2 heterocycles. The van der Waals surface area contributed by atoms with E-state index in [4.69, 9.17) is 0 Å². The molecule has 0 bridgehead atoms. The van der Waals surface area contributed by atoms with Crippen LogP contribution in [-0.2, 0) is 16.9 Å². The van der Waals surface area contributed by atoms with Crippen LogP contribution in [0.25, 0.3) is 0 Å². The third-order valence-electron chi connectivity index (χ3n) is 5.28. The lowest BCUT2D eigenvalue weighted by Crippen LogP contribution is -2.41. The van der Waals surface area contributed by atoms with Gasteiger partial charge in [-0.3, -0.25) is 9.59 Å². The Hall–Kier alpha value is -2.76. The highest BCUT2D eigenvalue weighted by atomic mass is 32.1. The van der Waals surface area contributed by atoms with Crippen molar-refractivity contribution < 1.29 is 14.7 Å². The van der Waals surface area contributed by atoms with Crippen molar-refractivity contribution in [1.82, 2.24) is 0 Å². The van der Waals surface area contributed by atoms with Gasteiger partial charge in [-0.2, -0.15) is 0 Å². The summed E-state index contributed by atoms with van der Waals surface area (Å²) in [6.07, 6.45) is -0.257. The van der Waals surface area contributed by atoms with Crippen molar-refractivity contribution >= 4 is 28.7 Å². The summed E-state index contributed by atoms with van der Waals surface area (Å²) >= 11 is 1.32. The minimum atomic E-state index is -1.84.